The average Bonchev–Trinajstić information content (AvgIpc) is 2.13. The first-order valence-corrected chi connectivity index (χ1v) is 6.93. The third-order valence-electron chi connectivity index (χ3n) is 3.69. The van der Waals surface area contributed by atoms with E-state index in [0.29, 0.717) is 0 Å². The van der Waals surface area contributed by atoms with Crippen molar-refractivity contribution in [2.75, 3.05) is 0 Å². The van der Waals surface area contributed by atoms with E-state index in [-0.39, 0.29) is 6.15 Å². The van der Waals surface area contributed by atoms with Gasteiger partial charge in [0.15, 0.2) is 0 Å². The second-order valence-corrected chi connectivity index (χ2v) is 5.06. The van der Waals surface area contributed by atoms with Crippen LogP contribution in [0, 0.1) is 5.92 Å². The van der Waals surface area contributed by atoms with Crippen molar-refractivity contribution in [3.05, 3.63) is 0 Å². The van der Waals surface area contributed by atoms with Gasteiger partial charge in [-0.05, 0) is 5.92 Å². The molecule has 0 saturated heterocycles. The van der Waals surface area contributed by atoms with Gasteiger partial charge in [-0.25, -0.2) is 0 Å². The van der Waals surface area contributed by atoms with Crippen LogP contribution in [0.5, 0.6) is 0 Å². The van der Waals surface area contributed by atoms with Crippen molar-refractivity contribution in [3.63, 3.8) is 0 Å². The molecule has 0 atom stereocenters. The van der Waals surface area contributed by atoms with Gasteiger partial charge < -0.3 is 6.15 Å². The van der Waals surface area contributed by atoms with Crippen molar-refractivity contribution < 1.29 is 0 Å². The molecule has 0 unspecified atom stereocenters. The zero-order valence-electron chi connectivity index (χ0n) is 10.8. The van der Waals surface area contributed by atoms with Crippen molar-refractivity contribution in [2.45, 2.75) is 84.0 Å². The molecule has 0 heterocycles. The zero-order valence-corrected chi connectivity index (χ0v) is 10.8. The van der Waals surface area contributed by atoms with E-state index < -0.39 is 0 Å². The smallest absolute Gasteiger partial charge is 0.0414 e. The summed E-state index contributed by atoms with van der Waals surface area (Å²) in [7, 11) is 0. The molecule has 92 valence electrons. The van der Waals surface area contributed by atoms with Crippen LogP contribution in [0.1, 0.15) is 84.0 Å². The van der Waals surface area contributed by atoms with Crippen LogP contribution in [0.2, 0.25) is 0 Å². The summed E-state index contributed by atoms with van der Waals surface area (Å²) in [5.41, 5.74) is 0. The van der Waals surface area contributed by atoms with E-state index in [1.165, 1.54) is 77.0 Å². The van der Waals surface area contributed by atoms with Crippen LogP contribution in [0.15, 0.2) is 0 Å². The van der Waals surface area contributed by atoms with Gasteiger partial charge in [0.1, 0.15) is 0 Å². The summed E-state index contributed by atoms with van der Waals surface area (Å²) < 4.78 is 0. The van der Waals surface area contributed by atoms with Crippen molar-refractivity contribution in [3.8, 4) is 0 Å². The van der Waals surface area contributed by atoms with Crippen LogP contribution in [0.25, 0.3) is 0 Å². The van der Waals surface area contributed by atoms with Crippen molar-refractivity contribution in [1.82, 2.24) is 6.15 Å². The molecule has 0 aromatic carbocycles. The van der Waals surface area contributed by atoms with Gasteiger partial charge in [0, 0.05) is 0 Å². The van der Waals surface area contributed by atoms with Crippen LogP contribution < -0.4 is 6.15 Å². The lowest BCUT2D eigenvalue weighted by Crippen LogP contribution is -2.10. The Bertz CT molecular complexity index is 119. The lowest BCUT2D eigenvalue weighted by molar-refractivity contribution is 0.286. The van der Waals surface area contributed by atoms with Crippen LogP contribution >= 0.6 is 0 Å². The van der Waals surface area contributed by atoms with Gasteiger partial charge in [-0.1, -0.05) is 84.0 Å². The van der Waals surface area contributed by atoms with E-state index in [9.17, 15) is 0 Å². The van der Waals surface area contributed by atoms with E-state index >= 15 is 0 Å². The minimum Gasteiger partial charge on any atom is -0.344 e. The van der Waals surface area contributed by atoms with Crippen molar-refractivity contribution >= 4 is 0 Å². The maximum absolute atomic E-state index is 2.29. The molecule has 3 N–H and O–H groups in total. The topological polar surface area (TPSA) is 35.0 Å². The Hall–Kier alpha value is -0.0400. The van der Waals surface area contributed by atoms with Gasteiger partial charge in [-0.15, -0.1) is 0 Å². The van der Waals surface area contributed by atoms with Crippen LogP contribution in [-0.2, 0) is 0 Å². The molecular weight excluding hydrogens is 182 g/mol. The molecule has 1 aliphatic rings. The quantitative estimate of drug-likeness (QED) is 0.506. The van der Waals surface area contributed by atoms with Gasteiger partial charge in [-0.3, -0.25) is 0 Å². The monoisotopic (exact) mass is 213 g/mol. The Kier molecular flexibility index (Phi) is 10.4. The molecule has 0 bridgehead atoms. The van der Waals surface area contributed by atoms with E-state index in [0.717, 1.165) is 5.92 Å². The van der Waals surface area contributed by atoms with E-state index in [1.807, 2.05) is 0 Å². The Morgan fingerprint density at radius 1 is 0.800 bits per heavy atom. The highest BCUT2D eigenvalue weighted by molar-refractivity contribution is 4.68. The molecule has 0 amide bonds. The lowest BCUT2D eigenvalue weighted by Gasteiger charge is -2.24. The summed E-state index contributed by atoms with van der Waals surface area (Å²) in [6, 6.07) is 0. The predicted octanol–water partition coefficient (Wildman–Crippen LogP) is 5.48. The molecule has 0 spiro atoms. The first-order chi connectivity index (χ1) is 6.93. The lowest BCUT2D eigenvalue weighted by atomic mass is 9.81. The highest BCUT2D eigenvalue weighted by Gasteiger charge is 2.15. The van der Waals surface area contributed by atoms with E-state index in [2.05, 4.69) is 6.92 Å². The average molecular weight is 213 g/mol. The van der Waals surface area contributed by atoms with Crippen LogP contribution in [0.3, 0.4) is 0 Å². The van der Waals surface area contributed by atoms with Crippen molar-refractivity contribution in [1.29, 1.82) is 0 Å². The second-order valence-electron chi connectivity index (χ2n) is 5.06. The number of hydrogen-bond acceptors (Lipinski definition) is 1. The summed E-state index contributed by atoms with van der Waals surface area (Å²) in [4.78, 5) is 0. The van der Waals surface area contributed by atoms with Gasteiger partial charge in [0.25, 0.3) is 0 Å². The molecule has 15 heavy (non-hydrogen) atoms. The Morgan fingerprint density at radius 3 is 1.80 bits per heavy atom. The SMILES string of the molecule is CCCCCCCCCCC1CCC1.N. The number of hydrogen-bond donors (Lipinski definition) is 1. The first kappa shape index (κ1) is 15.0. The Labute approximate surface area is 96.6 Å². The molecule has 1 nitrogen and oxygen atoms in total. The minimum atomic E-state index is 0. The molecule has 0 aliphatic heterocycles. The predicted molar refractivity (Wildman–Crippen MR) is 69.6 cm³/mol. The molecule has 1 rings (SSSR count). The molecule has 1 aliphatic carbocycles. The Balaban J connectivity index is 0.00000196. The number of unbranched alkanes of at least 4 members (excludes halogenated alkanes) is 7. The summed E-state index contributed by atoms with van der Waals surface area (Å²) in [5, 5.41) is 0. The highest BCUT2D eigenvalue weighted by Crippen LogP contribution is 2.31. The first-order valence-electron chi connectivity index (χ1n) is 6.93. The molecule has 0 radical (unpaired) electrons. The Morgan fingerprint density at radius 2 is 1.33 bits per heavy atom. The van der Waals surface area contributed by atoms with Gasteiger partial charge in [0.05, 0.1) is 0 Å². The molecule has 0 aromatic rings. The second kappa shape index (κ2) is 10.5. The highest BCUT2D eigenvalue weighted by atomic mass is 14.2. The van der Waals surface area contributed by atoms with Gasteiger partial charge >= 0.3 is 0 Å². The fraction of sp³-hybridized carbons (Fsp3) is 1.00. The number of rotatable bonds is 9. The van der Waals surface area contributed by atoms with E-state index in [4.69, 9.17) is 0 Å². The van der Waals surface area contributed by atoms with Crippen molar-refractivity contribution in [2.24, 2.45) is 5.92 Å². The summed E-state index contributed by atoms with van der Waals surface area (Å²) in [5.74, 6) is 1.13. The minimum absolute atomic E-state index is 0. The normalized spacial score (nSPS) is 15.8. The molecule has 1 saturated carbocycles. The molecular formula is C14H31N. The largest absolute Gasteiger partial charge is 0.344 e. The molecule has 1 heteroatoms. The maximum Gasteiger partial charge on any atom is -0.0414 e. The zero-order chi connectivity index (χ0) is 10.1. The maximum atomic E-state index is 2.29. The standard InChI is InChI=1S/C14H28.H3N/c1-2-3-4-5-6-7-8-9-11-14-12-10-13-14;/h14H,2-13H2,1H3;1H3. The summed E-state index contributed by atoms with van der Waals surface area (Å²) in [6.45, 7) is 2.29. The van der Waals surface area contributed by atoms with E-state index in [1.54, 1.807) is 0 Å². The molecule has 0 aromatic heterocycles. The van der Waals surface area contributed by atoms with Crippen LogP contribution in [0.4, 0.5) is 0 Å². The van der Waals surface area contributed by atoms with Gasteiger partial charge in [-0.2, -0.15) is 0 Å². The molecule has 1 fully saturated rings. The fourth-order valence-electron chi connectivity index (χ4n) is 2.35. The fourth-order valence-corrected chi connectivity index (χ4v) is 2.35. The third kappa shape index (κ3) is 7.84. The summed E-state index contributed by atoms with van der Waals surface area (Å²) >= 11 is 0. The van der Waals surface area contributed by atoms with Crippen LogP contribution in [-0.4, -0.2) is 0 Å². The third-order valence-corrected chi connectivity index (χ3v) is 3.69. The summed E-state index contributed by atoms with van der Waals surface area (Å²) in [6.07, 6.45) is 17.9. The van der Waals surface area contributed by atoms with Gasteiger partial charge in [0.2, 0.25) is 0 Å².